The molecule has 0 aliphatic rings. The molecule has 1 amide bonds. The predicted octanol–water partition coefficient (Wildman–Crippen LogP) is 2.97. The zero-order valence-corrected chi connectivity index (χ0v) is 21.0. The van der Waals surface area contributed by atoms with Crippen LogP contribution in [0.4, 0.5) is 11.4 Å². The number of nitro benzene ring substituents is 1. The smallest absolute Gasteiger partial charge is 0.289 e. The van der Waals surface area contributed by atoms with Gasteiger partial charge in [0, 0.05) is 11.6 Å². The van der Waals surface area contributed by atoms with Gasteiger partial charge in [0.25, 0.3) is 21.6 Å². The van der Waals surface area contributed by atoms with Crippen LogP contribution < -0.4 is 23.9 Å². The van der Waals surface area contributed by atoms with Crippen LogP contribution >= 0.6 is 0 Å². The van der Waals surface area contributed by atoms with Crippen molar-refractivity contribution < 1.29 is 32.3 Å². The lowest BCUT2D eigenvalue weighted by molar-refractivity contribution is -0.387. The van der Waals surface area contributed by atoms with Crippen molar-refractivity contribution in [3.05, 3.63) is 82.4 Å². The molecule has 0 heterocycles. The van der Waals surface area contributed by atoms with Crippen LogP contribution in [0.2, 0.25) is 0 Å². The Balaban J connectivity index is 1.88. The number of rotatable bonds is 11. The molecule has 0 aliphatic heterocycles. The molecular weight excluding hydrogens is 504 g/mol. The third-order valence-corrected chi connectivity index (χ3v) is 6.87. The van der Waals surface area contributed by atoms with Crippen LogP contribution in [-0.2, 0) is 14.8 Å². The van der Waals surface area contributed by atoms with E-state index in [1.807, 2.05) is 0 Å². The molecule has 12 nitrogen and oxygen atoms in total. The van der Waals surface area contributed by atoms with E-state index in [4.69, 9.17) is 14.2 Å². The van der Waals surface area contributed by atoms with Gasteiger partial charge in [-0.2, -0.15) is 5.10 Å². The van der Waals surface area contributed by atoms with Crippen molar-refractivity contribution in [2.24, 2.45) is 5.10 Å². The molecule has 0 radical (unpaired) electrons. The van der Waals surface area contributed by atoms with Crippen molar-refractivity contribution in [3.8, 4) is 17.2 Å². The standard InChI is InChI=1S/C24H24N4O8S/c1-34-20-13-17(14-21(35-2)24(20)36-3)15-25-26-23(29)16-27(18-9-5-4-6-10-18)37(32,33)22-12-8-7-11-19(22)28(30)31/h4-15H,16H2,1-3H3,(H,26,29)/b25-15-. The van der Waals surface area contributed by atoms with Crippen molar-refractivity contribution in [2.75, 3.05) is 32.2 Å². The summed E-state index contributed by atoms with van der Waals surface area (Å²) in [7, 11) is -0.124. The third-order valence-electron chi connectivity index (χ3n) is 5.05. The average Bonchev–Trinajstić information content (AvgIpc) is 2.91. The molecule has 0 bridgehead atoms. The van der Waals surface area contributed by atoms with Crippen LogP contribution in [0, 0.1) is 10.1 Å². The molecule has 0 aliphatic carbocycles. The molecule has 3 rings (SSSR count). The first-order chi connectivity index (χ1) is 17.7. The molecule has 0 atom stereocenters. The first-order valence-electron chi connectivity index (χ1n) is 10.7. The summed E-state index contributed by atoms with van der Waals surface area (Å²) in [6.07, 6.45) is 1.31. The number of benzene rings is 3. The summed E-state index contributed by atoms with van der Waals surface area (Å²) >= 11 is 0. The van der Waals surface area contributed by atoms with Crippen LogP contribution in [0.5, 0.6) is 17.2 Å². The zero-order chi connectivity index (χ0) is 27.0. The van der Waals surface area contributed by atoms with Crippen LogP contribution in [0.3, 0.4) is 0 Å². The number of sulfonamides is 1. The number of ether oxygens (including phenoxy) is 3. The average molecular weight is 529 g/mol. The highest BCUT2D eigenvalue weighted by molar-refractivity contribution is 7.93. The number of amides is 1. The Morgan fingerprint density at radius 3 is 2.16 bits per heavy atom. The van der Waals surface area contributed by atoms with Gasteiger partial charge in [0.15, 0.2) is 16.4 Å². The molecule has 13 heteroatoms. The normalized spacial score (nSPS) is 11.1. The Bertz CT molecular complexity index is 1390. The van der Waals surface area contributed by atoms with Gasteiger partial charge in [-0.1, -0.05) is 30.3 Å². The van der Waals surface area contributed by atoms with Gasteiger partial charge in [-0.25, -0.2) is 13.8 Å². The topological polar surface area (TPSA) is 150 Å². The molecule has 3 aromatic rings. The van der Waals surface area contributed by atoms with Crippen molar-refractivity contribution in [3.63, 3.8) is 0 Å². The first kappa shape index (κ1) is 26.9. The minimum Gasteiger partial charge on any atom is -0.493 e. The summed E-state index contributed by atoms with van der Waals surface area (Å²) in [4.78, 5) is 22.8. The summed E-state index contributed by atoms with van der Waals surface area (Å²) in [5.41, 5.74) is 2.31. The monoisotopic (exact) mass is 528 g/mol. The van der Waals surface area contributed by atoms with Gasteiger partial charge in [-0.3, -0.25) is 19.2 Å². The van der Waals surface area contributed by atoms with Gasteiger partial charge in [0.1, 0.15) is 6.54 Å². The van der Waals surface area contributed by atoms with Gasteiger partial charge in [0.05, 0.1) is 38.2 Å². The number of hydrazone groups is 1. The molecule has 194 valence electrons. The van der Waals surface area contributed by atoms with Crippen molar-refractivity contribution >= 4 is 33.5 Å². The van der Waals surface area contributed by atoms with Crippen molar-refractivity contribution in [1.29, 1.82) is 0 Å². The fourth-order valence-electron chi connectivity index (χ4n) is 3.37. The number of nitro groups is 1. The Kier molecular flexibility index (Phi) is 8.64. The largest absolute Gasteiger partial charge is 0.493 e. The second kappa shape index (κ2) is 11.9. The van der Waals surface area contributed by atoms with E-state index in [-0.39, 0.29) is 5.69 Å². The number of methoxy groups -OCH3 is 3. The fraction of sp³-hybridized carbons (Fsp3) is 0.167. The van der Waals surface area contributed by atoms with Crippen LogP contribution in [0.15, 0.2) is 76.7 Å². The van der Waals surface area contributed by atoms with Crippen molar-refractivity contribution in [2.45, 2.75) is 4.90 Å². The summed E-state index contributed by atoms with van der Waals surface area (Å²) in [5.74, 6) is 0.348. The van der Waals surface area contributed by atoms with Crippen LogP contribution in [0.25, 0.3) is 0 Å². The van der Waals surface area contributed by atoms with E-state index in [9.17, 15) is 23.3 Å². The molecule has 37 heavy (non-hydrogen) atoms. The van der Waals surface area contributed by atoms with Gasteiger partial charge in [-0.05, 0) is 30.3 Å². The first-order valence-corrected chi connectivity index (χ1v) is 12.1. The van der Waals surface area contributed by atoms with Gasteiger partial charge >= 0.3 is 0 Å². The molecular formula is C24H24N4O8S. The minimum absolute atomic E-state index is 0.143. The lowest BCUT2D eigenvalue weighted by Crippen LogP contribution is -2.39. The molecule has 3 aromatic carbocycles. The van der Waals surface area contributed by atoms with Crippen molar-refractivity contribution in [1.82, 2.24) is 5.43 Å². The van der Waals surface area contributed by atoms with Gasteiger partial charge < -0.3 is 14.2 Å². The lowest BCUT2D eigenvalue weighted by atomic mass is 10.2. The number of hydrogen-bond acceptors (Lipinski definition) is 9. The molecule has 0 fully saturated rings. The predicted molar refractivity (Wildman–Crippen MR) is 136 cm³/mol. The van der Waals surface area contributed by atoms with E-state index in [2.05, 4.69) is 10.5 Å². The van der Waals surface area contributed by atoms with E-state index >= 15 is 0 Å². The molecule has 0 saturated heterocycles. The van der Waals surface area contributed by atoms with E-state index in [0.29, 0.717) is 22.8 Å². The number of nitrogens with zero attached hydrogens (tertiary/aromatic N) is 3. The summed E-state index contributed by atoms with van der Waals surface area (Å²) in [6, 6.07) is 15.9. The zero-order valence-electron chi connectivity index (χ0n) is 20.2. The number of nitrogens with one attached hydrogen (secondary N) is 1. The Hall–Kier alpha value is -4.65. The fourth-order valence-corrected chi connectivity index (χ4v) is 4.96. The van der Waals surface area contributed by atoms with E-state index in [0.717, 1.165) is 16.4 Å². The molecule has 1 N–H and O–H groups in total. The Morgan fingerprint density at radius 1 is 1.00 bits per heavy atom. The summed E-state index contributed by atoms with van der Waals surface area (Å²) < 4.78 is 43.5. The van der Waals surface area contributed by atoms with E-state index < -0.39 is 38.0 Å². The van der Waals surface area contributed by atoms with E-state index in [1.54, 1.807) is 30.3 Å². The number of hydrogen-bond donors (Lipinski definition) is 1. The maximum atomic E-state index is 13.5. The number of para-hydroxylation sites is 2. The molecule has 0 aromatic heterocycles. The lowest BCUT2D eigenvalue weighted by Gasteiger charge is -2.23. The molecule has 0 spiro atoms. The highest BCUT2D eigenvalue weighted by Gasteiger charge is 2.33. The highest BCUT2D eigenvalue weighted by Crippen LogP contribution is 2.37. The summed E-state index contributed by atoms with van der Waals surface area (Å²) in [5, 5.41) is 15.3. The number of carbonyl (C=O) groups is 1. The van der Waals surface area contributed by atoms with Gasteiger partial charge in [-0.15, -0.1) is 0 Å². The van der Waals surface area contributed by atoms with Gasteiger partial charge in [0.2, 0.25) is 5.75 Å². The third kappa shape index (κ3) is 6.13. The number of carbonyl (C=O) groups excluding carboxylic acids is 1. The number of anilines is 1. The SMILES string of the molecule is COc1cc(/C=N\NC(=O)CN(c2ccccc2)S(=O)(=O)c2ccccc2[N+](=O)[O-])cc(OC)c1OC. The highest BCUT2D eigenvalue weighted by atomic mass is 32.2. The van der Waals surface area contributed by atoms with Crippen LogP contribution in [-0.4, -0.2) is 53.3 Å². The Morgan fingerprint density at radius 2 is 1.59 bits per heavy atom. The summed E-state index contributed by atoms with van der Waals surface area (Å²) in [6.45, 7) is -0.689. The van der Waals surface area contributed by atoms with E-state index in [1.165, 1.54) is 51.8 Å². The maximum Gasteiger partial charge on any atom is 0.289 e. The van der Waals surface area contributed by atoms with Crippen LogP contribution in [0.1, 0.15) is 5.56 Å². The molecule has 0 unspecified atom stereocenters. The second-order valence-corrected chi connectivity index (χ2v) is 9.15. The Labute approximate surface area is 213 Å². The molecule has 0 saturated carbocycles. The second-order valence-electron chi connectivity index (χ2n) is 7.32. The maximum absolute atomic E-state index is 13.5. The minimum atomic E-state index is -4.50. The quantitative estimate of drug-likeness (QED) is 0.227.